The molecule has 0 fully saturated rings. The largest absolute Gasteiger partial charge is 0.383 e. The second kappa shape index (κ2) is 8.51. The number of rotatable bonds is 8. The Balaban J connectivity index is 3.57. The van der Waals surface area contributed by atoms with Crippen molar-refractivity contribution in [2.24, 2.45) is 5.92 Å². The molecule has 0 heterocycles. The van der Waals surface area contributed by atoms with E-state index >= 15 is 0 Å². The van der Waals surface area contributed by atoms with Gasteiger partial charge < -0.3 is 9.64 Å². The van der Waals surface area contributed by atoms with Crippen LogP contribution in [-0.2, 0) is 4.74 Å². The molecule has 0 aliphatic rings. The van der Waals surface area contributed by atoms with Crippen LogP contribution in [0.1, 0.15) is 26.7 Å². The molecular weight excluding hydrogens is 198 g/mol. The van der Waals surface area contributed by atoms with Gasteiger partial charge in [-0.15, -0.1) is 11.6 Å². The minimum Gasteiger partial charge on any atom is -0.383 e. The average Bonchev–Trinajstić information content (AvgIpc) is 2.03. The summed E-state index contributed by atoms with van der Waals surface area (Å²) in [7, 11) is 3.81. The number of hydrogen-bond donors (Lipinski definition) is 0. The lowest BCUT2D eigenvalue weighted by atomic mass is 10.1. The molecule has 0 aromatic rings. The minimum atomic E-state index is 0.110. The summed E-state index contributed by atoms with van der Waals surface area (Å²) in [6.07, 6.45) is 2.55. The van der Waals surface area contributed by atoms with Gasteiger partial charge in [0.1, 0.15) is 0 Å². The number of nitrogens with zero attached hydrogens (tertiary/aromatic N) is 1. The Bertz CT molecular complexity index is 118. The number of ether oxygens (including phenoxy) is 1. The minimum absolute atomic E-state index is 0.110. The van der Waals surface area contributed by atoms with Crippen molar-refractivity contribution >= 4 is 11.6 Å². The molecule has 0 aromatic carbocycles. The van der Waals surface area contributed by atoms with Crippen molar-refractivity contribution in [1.82, 2.24) is 4.90 Å². The quantitative estimate of drug-likeness (QED) is 0.585. The first kappa shape index (κ1) is 14.2. The lowest BCUT2D eigenvalue weighted by Gasteiger charge is -2.23. The molecular formula is C11H24ClNO. The molecule has 0 radical (unpaired) electrons. The molecule has 0 saturated heterocycles. The molecule has 0 bridgehead atoms. The Morgan fingerprint density at radius 3 is 2.50 bits per heavy atom. The summed E-state index contributed by atoms with van der Waals surface area (Å²) in [4.78, 5) is 2.29. The first-order chi connectivity index (χ1) is 6.60. The molecule has 0 N–H and O–H groups in total. The van der Waals surface area contributed by atoms with E-state index in [1.54, 1.807) is 7.11 Å². The van der Waals surface area contributed by atoms with Crippen LogP contribution in [0.15, 0.2) is 0 Å². The molecule has 0 spiro atoms. The van der Waals surface area contributed by atoms with Crippen LogP contribution < -0.4 is 0 Å². The molecule has 3 heteroatoms. The van der Waals surface area contributed by atoms with Gasteiger partial charge >= 0.3 is 0 Å². The van der Waals surface area contributed by atoms with Crippen molar-refractivity contribution in [3.8, 4) is 0 Å². The molecule has 2 atom stereocenters. The Hall–Kier alpha value is 0.210. The average molecular weight is 222 g/mol. The van der Waals surface area contributed by atoms with Crippen LogP contribution in [0.2, 0.25) is 0 Å². The summed E-state index contributed by atoms with van der Waals surface area (Å²) in [5.41, 5.74) is 0. The fourth-order valence-electron chi connectivity index (χ4n) is 1.76. The lowest BCUT2D eigenvalue weighted by molar-refractivity contribution is 0.177. The highest BCUT2D eigenvalue weighted by Crippen LogP contribution is 2.08. The van der Waals surface area contributed by atoms with Crippen molar-refractivity contribution < 1.29 is 4.74 Å². The standard InChI is InChI=1S/C11H24ClNO/c1-5-6-10(2)7-13(3)8-11(12)9-14-4/h10-11H,5-9H2,1-4H3. The van der Waals surface area contributed by atoms with Crippen molar-refractivity contribution in [2.75, 3.05) is 33.9 Å². The molecule has 0 rings (SSSR count). The van der Waals surface area contributed by atoms with Crippen molar-refractivity contribution in [2.45, 2.75) is 32.1 Å². The van der Waals surface area contributed by atoms with E-state index in [9.17, 15) is 0 Å². The highest BCUT2D eigenvalue weighted by Gasteiger charge is 2.10. The van der Waals surface area contributed by atoms with Gasteiger partial charge in [-0.1, -0.05) is 20.3 Å². The zero-order valence-corrected chi connectivity index (χ0v) is 10.7. The SMILES string of the molecule is CCCC(C)CN(C)CC(Cl)COC. The van der Waals surface area contributed by atoms with Crippen molar-refractivity contribution in [1.29, 1.82) is 0 Å². The number of methoxy groups -OCH3 is 1. The molecule has 0 aliphatic heterocycles. The summed E-state index contributed by atoms with van der Waals surface area (Å²) in [6, 6.07) is 0. The van der Waals surface area contributed by atoms with Gasteiger partial charge in [-0.2, -0.15) is 0 Å². The Morgan fingerprint density at radius 2 is 2.00 bits per heavy atom. The molecule has 0 aliphatic carbocycles. The Labute approximate surface area is 93.6 Å². The van der Waals surface area contributed by atoms with Gasteiger partial charge in [0.25, 0.3) is 0 Å². The van der Waals surface area contributed by atoms with Crippen LogP contribution in [0.25, 0.3) is 0 Å². The first-order valence-electron chi connectivity index (χ1n) is 5.41. The zero-order chi connectivity index (χ0) is 11.0. The van der Waals surface area contributed by atoms with Crippen LogP contribution >= 0.6 is 11.6 Å². The summed E-state index contributed by atoms with van der Waals surface area (Å²) >= 11 is 6.07. The molecule has 0 amide bonds. The fourth-order valence-corrected chi connectivity index (χ4v) is 2.12. The summed E-state index contributed by atoms with van der Waals surface area (Å²) in [5, 5.41) is 0.110. The van der Waals surface area contributed by atoms with Crippen LogP contribution in [0.5, 0.6) is 0 Å². The van der Waals surface area contributed by atoms with Crippen LogP contribution in [-0.4, -0.2) is 44.1 Å². The van der Waals surface area contributed by atoms with Gasteiger partial charge in [-0.05, 0) is 19.4 Å². The van der Waals surface area contributed by atoms with E-state index < -0.39 is 0 Å². The summed E-state index contributed by atoms with van der Waals surface area (Å²) < 4.78 is 5.00. The topological polar surface area (TPSA) is 12.5 Å². The van der Waals surface area contributed by atoms with E-state index in [0.29, 0.717) is 6.61 Å². The molecule has 2 unspecified atom stereocenters. The highest BCUT2D eigenvalue weighted by molar-refractivity contribution is 6.20. The molecule has 0 saturated carbocycles. The molecule has 14 heavy (non-hydrogen) atoms. The number of hydrogen-bond acceptors (Lipinski definition) is 2. The van der Waals surface area contributed by atoms with Gasteiger partial charge in [0.05, 0.1) is 12.0 Å². The second-order valence-corrected chi connectivity index (χ2v) is 4.78. The number of alkyl halides is 1. The third-order valence-electron chi connectivity index (χ3n) is 2.26. The van der Waals surface area contributed by atoms with E-state index in [1.165, 1.54) is 12.8 Å². The predicted octanol–water partition coefficient (Wildman–Crippen LogP) is 2.61. The highest BCUT2D eigenvalue weighted by atomic mass is 35.5. The maximum Gasteiger partial charge on any atom is 0.0696 e. The van der Waals surface area contributed by atoms with E-state index in [-0.39, 0.29) is 5.38 Å². The Morgan fingerprint density at radius 1 is 1.36 bits per heavy atom. The maximum atomic E-state index is 6.07. The van der Waals surface area contributed by atoms with E-state index in [0.717, 1.165) is 19.0 Å². The van der Waals surface area contributed by atoms with E-state index in [1.807, 2.05) is 0 Å². The lowest BCUT2D eigenvalue weighted by Crippen LogP contribution is -2.32. The number of halogens is 1. The van der Waals surface area contributed by atoms with E-state index in [2.05, 4.69) is 25.8 Å². The van der Waals surface area contributed by atoms with Crippen LogP contribution in [0.3, 0.4) is 0 Å². The predicted molar refractivity (Wildman–Crippen MR) is 63.1 cm³/mol. The van der Waals surface area contributed by atoms with Crippen molar-refractivity contribution in [3.05, 3.63) is 0 Å². The summed E-state index contributed by atoms with van der Waals surface area (Å²) in [6.45, 7) is 7.18. The fraction of sp³-hybridized carbons (Fsp3) is 1.00. The Kier molecular flexibility index (Phi) is 8.64. The molecule has 86 valence electrons. The van der Waals surface area contributed by atoms with Crippen molar-refractivity contribution in [3.63, 3.8) is 0 Å². The van der Waals surface area contributed by atoms with Gasteiger partial charge in [0, 0.05) is 20.2 Å². The smallest absolute Gasteiger partial charge is 0.0696 e. The van der Waals surface area contributed by atoms with Gasteiger partial charge in [-0.3, -0.25) is 0 Å². The maximum absolute atomic E-state index is 6.07. The molecule has 0 aromatic heterocycles. The van der Waals surface area contributed by atoms with Gasteiger partial charge in [0.15, 0.2) is 0 Å². The van der Waals surface area contributed by atoms with Gasteiger partial charge in [-0.25, -0.2) is 0 Å². The molecule has 2 nitrogen and oxygen atoms in total. The monoisotopic (exact) mass is 221 g/mol. The third kappa shape index (κ3) is 7.60. The zero-order valence-electron chi connectivity index (χ0n) is 9.92. The van der Waals surface area contributed by atoms with Crippen LogP contribution in [0, 0.1) is 5.92 Å². The van der Waals surface area contributed by atoms with Gasteiger partial charge in [0.2, 0.25) is 0 Å². The second-order valence-electron chi connectivity index (χ2n) is 4.17. The third-order valence-corrected chi connectivity index (χ3v) is 2.53. The normalized spacial score (nSPS) is 15.9. The van der Waals surface area contributed by atoms with E-state index in [4.69, 9.17) is 16.3 Å². The first-order valence-corrected chi connectivity index (χ1v) is 5.85. The van der Waals surface area contributed by atoms with Crippen LogP contribution in [0.4, 0.5) is 0 Å². The summed E-state index contributed by atoms with van der Waals surface area (Å²) in [5.74, 6) is 0.761.